The Morgan fingerprint density at radius 3 is 2.10 bits per heavy atom. The van der Waals surface area contributed by atoms with E-state index in [2.05, 4.69) is 62.0 Å². The molecule has 4 N–H and O–H groups in total. The molecule has 67 heavy (non-hydrogen) atoms. The fraction of sp³-hybridized carbons (Fsp3) is 0.545. The molecule has 5 atom stereocenters. The first-order chi connectivity index (χ1) is 30.6. The summed E-state index contributed by atoms with van der Waals surface area (Å²) in [6.45, 7) is 26.0. The van der Waals surface area contributed by atoms with Crippen LogP contribution in [-0.4, -0.2) is 75.4 Å². The molecule has 0 saturated carbocycles. The molecule has 0 radical (unpaired) electrons. The molecule has 0 spiro atoms. The molecule has 6 rings (SSSR count). The summed E-state index contributed by atoms with van der Waals surface area (Å²) < 4.78 is 11.0. The molecular weight excluding hydrogens is 853 g/mol. The van der Waals surface area contributed by atoms with E-state index in [4.69, 9.17) is 29.4 Å². The number of ketones is 1. The average molecular weight is 930 g/mol. The van der Waals surface area contributed by atoms with Gasteiger partial charge in [0.15, 0.2) is 5.78 Å². The maximum Gasteiger partial charge on any atom is 2.00 e. The van der Waals surface area contributed by atoms with Crippen molar-refractivity contribution in [2.24, 2.45) is 17.8 Å². The van der Waals surface area contributed by atoms with Crippen molar-refractivity contribution in [3.05, 3.63) is 87.0 Å². The van der Waals surface area contributed by atoms with Crippen LogP contribution in [0.4, 0.5) is 0 Å². The third-order valence-electron chi connectivity index (χ3n) is 14.2. The zero-order valence-electron chi connectivity index (χ0n) is 42.3. The average Bonchev–Trinajstić information content (AvgIpc) is 3.99. The van der Waals surface area contributed by atoms with E-state index in [0.717, 1.165) is 81.5 Å². The number of hydrogen-bond acceptors (Lipinski definition) is 7. The Kier molecular flexibility index (Phi) is 21.5. The van der Waals surface area contributed by atoms with Gasteiger partial charge in [-0.1, -0.05) is 134 Å². The van der Waals surface area contributed by atoms with Gasteiger partial charge in [-0.05, 0) is 99.5 Å². The molecule has 11 nitrogen and oxygen atoms in total. The molecule has 1 aliphatic carbocycles. The summed E-state index contributed by atoms with van der Waals surface area (Å²) in [7, 11) is 1.30. The van der Waals surface area contributed by atoms with Crippen LogP contribution in [0, 0.1) is 31.6 Å². The molecule has 0 saturated heterocycles. The van der Waals surface area contributed by atoms with Crippen molar-refractivity contribution < 1.29 is 34.8 Å². The van der Waals surface area contributed by atoms with E-state index < -0.39 is 11.9 Å². The van der Waals surface area contributed by atoms with E-state index in [9.17, 15) is 14.4 Å². The Morgan fingerprint density at radius 1 is 0.851 bits per heavy atom. The van der Waals surface area contributed by atoms with Gasteiger partial charge in [-0.3, -0.25) is 19.4 Å². The molecule has 0 amide bonds. The summed E-state index contributed by atoms with van der Waals surface area (Å²) in [6.07, 6.45) is 16.4. The summed E-state index contributed by atoms with van der Waals surface area (Å²) in [5.41, 5.74) is 12.3. The topological polar surface area (TPSA) is 187 Å². The largest absolute Gasteiger partial charge is 2.00 e. The van der Waals surface area contributed by atoms with E-state index in [1.807, 2.05) is 44.2 Å². The van der Waals surface area contributed by atoms with Gasteiger partial charge in [-0.25, -0.2) is 4.98 Å². The van der Waals surface area contributed by atoms with Crippen molar-refractivity contribution >= 4 is 80.1 Å². The second-order valence-electron chi connectivity index (χ2n) is 19.4. The molecular formula is C55H76MgN4O7. The SMILES string of the molecule is C=Cc1c(C)c2cc3nc(c4c5[n-]c(cc6nc(cc1[n-]2)C(C)=C6CC)c(C)c5C(=O)[C@@H]4C(=O)OC)[C@@H](CCC(=O)OC/C=C(\C)CCC[C@H](C)CCC[C@H](C)CCCC(C)C)[C@@H]3C.O.O.[Mg+2]. The van der Waals surface area contributed by atoms with Gasteiger partial charge in [0.1, 0.15) is 12.5 Å². The van der Waals surface area contributed by atoms with Gasteiger partial charge in [0.2, 0.25) is 0 Å². The van der Waals surface area contributed by atoms with Gasteiger partial charge >= 0.3 is 35.0 Å². The molecule has 0 unspecified atom stereocenters. The van der Waals surface area contributed by atoms with Crippen LogP contribution >= 0.6 is 0 Å². The quantitative estimate of drug-likeness (QED) is 0.0460. The van der Waals surface area contributed by atoms with Gasteiger partial charge in [0, 0.05) is 35.2 Å². The third kappa shape index (κ3) is 12.8. The number of rotatable bonds is 20. The van der Waals surface area contributed by atoms with Crippen LogP contribution in [0.2, 0.25) is 0 Å². The Labute approximate surface area is 415 Å². The molecule has 3 aromatic rings. The summed E-state index contributed by atoms with van der Waals surface area (Å²) in [5, 5.41) is 0. The van der Waals surface area contributed by atoms with Gasteiger partial charge < -0.3 is 30.4 Å². The standard InChI is InChI=1S/C55H73N4O5.Mg.2H2O/c1-13-39-35(8)42-28-44-37(10)41(24-25-48(60)64-27-26-34(7)23-17-22-33(6)21-16-20-32(5)19-15-18-31(3)4)52(58-44)50-51(55(62)63-12)54(61)49-38(11)45(59-53(49)50)30-47-40(14-2)36(9)43(57-47)29-46(39)56-42;;;/h13,26,28-33,37,41,51H,1,14-25,27H2,2-12H3,(H-,56,57,58,59,61);;2*1H2/q-1;+2;;/p-1/b34-26+;;;/t32-,33-,37+,41+,51-;;;/m1.../s1. The van der Waals surface area contributed by atoms with Crippen LogP contribution in [0.3, 0.4) is 0 Å². The zero-order valence-corrected chi connectivity index (χ0v) is 43.7. The van der Waals surface area contributed by atoms with Crippen molar-refractivity contribution in [2.75, 3.05) is 13.7 Å². The number of fused-ring (bicyclic) bond motifs is 8. The summed E-state index contributed by atoms with van der Waals surface area (Å²) in [6, 6.07) is 5.95. The number of hydrogen-bond donors (Lipinski definition) is 0. The normalized spacial score (nSPS) is 17.4. The second kappa shape index (κ2) is 25.3. The van der Waals surface area contributed by atoms with Crippen molar-refractivity contribution in [3.8, 4) is 0 Å². The van der Waals surface area contributed by atoms with Gasteiger partial charge in [-0.15, -0.1) is 22.1 Å². The predicted octanol–water partition coefficient (Wildman–Crippen LogP) is 11.2. The first kappa shape index (κ1) is 57.0. The molecule has 5 heterocycles. The minimum Gasteiger partial charge on any atom is -0.657 e. The first-order valence-corrected chi connectivity index (χ1v) is 24.0. The Morgan fingerprint density at radius 2 is 1.48 bits per heavy atom. The fourth-order valence-corrected chi connectivity index (χ4v) is 10.1. The minimum absolute atomic E-state index is 0. The Balaban J connectivity index is 0.00000397. The Bertz CT molecular complexity index is 2490. The van der Waals surface area contributed by atoms with Crippen LogP contribution in [0.25, 0.3) is 39.3 Å². The second-order valence-corrected chi connectivity index (χ2v) is 19.4. The van der Waals surface area contributed by atoms with E-state index in [0.29, 0.717) is 45.8 Å². The molecule has 3 aliphatic rings. The maximum absolute atomic E-state index is 14.4. The molecule has 0 fully saturated rings. The number of methoxy groups -OCH3 is 1. The summed E-state index contributed by atoms with van der Waals surface area (Å²) in [4.78, 5) is 61.8. The van der Waals surface area contributed by atoms with Crippen LogP contribution in [0.15, 0.2) is 36.4 Å². The number of carbonyl (C=O) groups is 3. The van der Waals surface area contributed by atoms with Crippen LogP contribution in [0.5, 0.6) is 0 Å². The van der Waals surface area contributed by atoms with Crippen molar-refractivity contribution in [1.29, 1.82) is 0 Å². The van der Waals surface area contributed by atoms with Crippen molar-refractivity contribution in [3.63, 3.8) is 0 Å². The van der Waals surface area contributed by atoms with Gasteiger partial charge in [0.05, 0.1) is 18.5 Å². The number of Topliss-reactive ketones (excluding diaryl/α,β-unsaturated/α-hetero) is 1. The summed E-state index contributed by atoms with van der Waals surface area (Å²) in [5.74, 6) is -0.711. The van der Waals surface area contributed by atoms with Crippen LogP contribution < -0.4 is 9.97 Å². The van der Waals surface area contributed by atoms with E-state index in [1.165, 1.54) is 57.6 Å². The molecule has 12 heteroatoms. The number of aryl methyl sites for hydroxylation is 2. The smallest absolute Gasteiger partial charge is 0.657 e. The molecule has 360 valence electrons. The van der Waals surface area contributed by atoms with Crippen molar-refractivity contribution in [2.45, 2.75) is 164 Å². The first-order valence-electron chi connectivity index (χ1n) is 24.0. The molecule has 0 aromatic carbocycles. The molecule has 3 aromatic heterocycles. The monoisotopic (exact) mass is 929 g/mol. The number of esters is 2. The van der Waals surface area contributed by atoms with Crippen molar-refractivity contribution in [1.82, 2.24) is 19.9 Å². The maximum atomic E-state index is 14.4. The van der Waals surface area contributed by atoms with E-state index in [-0.39, 0.29) is 70.6 Å². The van der Waals surface area contributed by atoms with Gasteiger partial charge in [0.25, 0.3) is 0 Å². The Hall–Kier alpha value is -4.36. The number of carbonyl (C=O) groups excluding carboxylic acids is 3. The number of aromatic nitrogens is 4. The molecule has 2 aliphatic heterocycles. The van der Waals surface area contributed by atoms with Gasteiger partial charge in [-0.2, -0.15) is 0 Å². The van der Waals surface area contributed by atoms with E-state index >= 15 is 0 Å². The number of allylic oxidation sites excluding steroid dienone is 3. The summed E-state index contributed by atoms with van der Waals surface area (Å²) >= 11 is 0. The predicted molar refractivity (Wildman–Crippen MR) is 273 cm³/mol. The van der Waals surface area contributed by atoms with E-state index in [1.54, 1.807) is 0 Å². The fourth-order valence-electron chi connectivity index (χ4n) is 10.1. The van der Waals surface area contributed by atoms with Crippen LogP contribution in [0.1, 0.15) is 206 Å². The third-order valence-corrected chi connectivity index (χ3v) is 14.2. The minimum atomic E-state index is -1.22. The number of nitrogens with zero attached hydrogens (tertiary/aromatic N) is 4. The number of ether oxygens (including phenoxy) is 2. The van der Waals surface area contributed by atoms with Crippen LogP contribution in [-0.2, 0) is 19.1 Å². The molecule has 8 bridgehead atoms. The zero-order chi connectivity index (χ0) is 46.4.